The molecule has 0 N–H and O–H groups in total. The summed E-state index contributed by atoms with van der Waals surface area (Å²) in [5.74, 6) is 0.337. The third-order valence-corrected chi connectivity index (χ3v) is 6.52. The van der Waals surface area contributed by atoms with Crippen LogP contribution in [-0.2, 0) is 16.0 Å². The maximum Gasteiger partial charge on any atom is 0.222 e. The second kappa shape index (κ2) is 8.05. The summed E-state index contributed by atoms with van der Waals surface area (Å²) in [6, 6.07) is 6.15. The average molecular weight is 357 g/mol. The summed E-state index contributed by atoms with van der Waals surface area (Å²) >= 11 is 0. The van der Waals surface area contributed by atoms with E-state index in [1.807, 2.05) is 12.3 Å². The summed E-state index contributed by atoms with van der Waals surface area (Å²) in [7, 11) is 0. The van der Waals surface area contributed by atoms with Crippen molar-refractivity contribution in [1.82, 2.24) is 14.8 Å². The number of likely N-dealkylation sites (tertiary alicyclic amines) is 2. The van der Waals surface area contributed by atoms with Crippen molar-refractivity contribution in [3.63, 3.8) is 0 Å². The van der Waals surface area contributed by atoms with Crippen molar-refractivity contribution in [1.29, 1.82) is 0 Å². The summed E-state index contributed by atoms with van der Waals surface area (Å²) in [5, 5.41) is 0. The van der Waals surface area contributed by atoms with Crippen LogP contribution in [0.3, 0.4) is 0 Å². The van der Waals surface area contributed by atoms with Crippen molar-refractivity contribution in [3.05, 3.63) is 30.1 Å². The summed E-state index contributed by atoms with van der Waals surface area (Å²) in [4.78, 5) is 21.5. The molecule has 3 aliphatic heterocycles. The second-order valence-corrected chi connectivity index (χ2v) is 8.32. The maximum atomic E-state index is 12.4. The highest BCUT2D eigenvalue weighted by Crippen LogP contribution is 2.40. The molecule has 0 unspecified atom stereocenters. The molecule has 5 nitrogen and oxygen atoms in total. The molecule has 4 rings (SSSR count). The SMILES string of the molecule is O=C1CCC2(CCN(CCc3ccccn3)CC2)CN1C[C@@H]1CCCO1. The molecule has 3 saturated heterocycles. The molecule has 1 aromatic rings. The zero-order valence-corrected chi connectivity index (χ0v) is 15.7. The van der Waals surface area contributed by atoms with Crippen LogP contribution in [0.5, 0.6) is 0 Å². The third-order valence-electron chi connectivity index (χ3n) is 6.52. The lowest BCUT2D eigenvalue weighted by molar-refractivity contribution is -0.141. The summed E-state index contributed by atoms with van der Waals surface area (Å²) in [5.41, 5.74) is 1.52. The number of ether oxygens (including phenoxy) is 1. The van der Waals surface area contributed by atoms with E-state index in [1.165, 1.54) is 18.5 Å². The molecule has 4 heterocycles. The molecule has 142 valence electrons. The number of piperidine rings is 2. The van der Waals surface area contributed by atoms with E-state index in [9.17, 15) is 4.79 Å². The quantitative estimate of drug-likeness (QED) is 0.812. The largest absolute Gasteiger partial charge is 0.376 e. The van der Waals surface area contributed by atoms with Crippen molar-refractivity contribution in [2.24, 2.45) is 5.41 Å². The minimum absolute atomic E-state index is 0.271. The lowest BCUT2D eigenvalue weighted by Crippen LogP contribution is -2.53. The van der Waals surface area contributed by atoms with Crippen molar-refractivity contribution in [3.8, 4) is 0 Å². The molecule has 1 atom stereocenters. The van der Waals surface area contributed by atoms with Crippen LogP contribution in [0, 0.1) is 5.41 Å². The van der Waals surface area contributed by atoms with E-state index < -0.39 is 0 Å². The molecule has 26 heavy (non-hydrogen) atoms. The second-order valence-electron chi connectivity index (χ2n) is 8.32. The molecule has 0 radical (unpaired) electrons. The van der Waals surface area contributed by atoms with Crippen LogP contribution in [0.25, 0.3) is 0 Å². The van der Waals surface area contributed by atoms with E-state index in [0.717, 1.165) is 71.4 Å². The first-order valence-electron chi connectivity index (χ1n) is 10.2. The molecule has 3 fully saturated rings. The molecule has 3 aliphatic rings. The fraction of sp³-hybridized carbons (Fsp3) is 0.714. The molecule has 0 aromatic carbocycles. The number of carbonyl (C=O) groups excluding carboxylic acids is 1. The van der Waals surface area contributed by atoms with Crippen LogP contribution >= 0.6 is 0 Å². The van der Waals surface area contributed by atoms with Gasteiger partial charge < -0.3 is 14.5 Å². The smallest absolute Gasteiger partial charge is 0.222 e. The zero-order chi connectivity index (χ0) is 17.8. The van der Waals surface area contributed by atoms with Crippen molar-refractivity contribution in [2.75, 3.05) is 39.3 Å². The molecule has 0 saturated carbocycles. The lowest BCUT2D eigenvalue weighted by Gasteiger charge is -2.48. The molecular weight excluding hydrogens is 326 g/mol. The van der Waals surface area contributed by atoms with Crippen molar-refractivity contribution < 1.29 is 9.53 Å². The van der Waals surface area contributed by atoms with Gasteiger partial charge >= 0.3 is 0 Å². The van der Waals surface area contributed by atoms with Gasteiger partial charge in [-0.3, -0.25) is 9.78 Å². The van der Waals surface area contributed by atoms with Gasteiger partial charge in [0.05, 0.1) is 6.10 Å². The number of hydrogen-bond acceptors (Lipinski definition) is 4. The monoisotopic (exact) mass is 357 g/mol. The number of hydrogen-bond donors (Lipinski definition) is 0. The minimum Gasteiger partial charge on any atom is -0.376 e. The molecule has 0 bridgehead atoms. The molecule has 5 heteroatoms. The van der Waals surface area contributed by atoms with E-state index in [-0.39, 0.29) is 6.10 Å². The zero-order valence-electron chi connectivity index (χ0n) is 15.7. The number of pyridine rings is 1. The summed E-state index contributed by atoms with van der Waals surface area (Å²) in [6.07, 6.45) is 9.64. The number of nitrogens with zero attached hydrogens (tertiary/aromatic N) is 3. The van der Waals surface area contributed by atoms with Gasteiger partial charge in [-0.15, -0.1) is 0 Å². The van der Waals surface area contributed by atoms with E-state index in [0.29, 0.717) is 11.3 Å². The van der Waals surface area contributed by atoms with E-state index in [2.05, 4.69) is 26.9 Å². The summed E-state index contributed by atoms with van der Waals surface area (Å²) in [6.45, 7) is 6.00. The topological polar surface area (TPSA) is 45.7 Å². The standard InChI is InChI=1S/C21H31N3O2/c25-20-6-8-21(17-24(20)16-19-5-3-15-26-19)9-13-23(14-10-21)12-7-18-4-1-2-11-22-18/h1-2,4,11,19H,3,5-10,12-17H2/t19-/m0/s1. The first-order valence-corrected chi connectivity index (χ1v) is 10.2. The molecule has 1 aromatic heterocycles. The first kappa shape index (κ1) is 17.9. The van der Waals surface area contributed by atoms with Crippen LogP contribution < -0.4 is 0 Å². The third kappa shape index (κ3) is 4.26. The number of amides is 1. The van der Waals surface area contributed by atoms with Crippen LogP contribution in [-0.4, -0.2) is 66.1 Å². The Hall–Kier alpha value is -1.46. The van der Waals surface area contributed by atoms with Crippen molar-refractivity contribution in [2.45, 2.75) is 51.0 Å². The highest BCUT2D eigenvalue weighted by molar-refractivity contribution is 5.77. The molecular formula is C21H31N3O2. The average Bonchev–Trinajstić information content (AvgIpc) is 3.19. The Labute approximate surface area is 156 Å². The Morgan fingerprint density at radius 3 is 2.85 bits per heavy atom. The van der Waals surface area contributed by atoms with E-state index in [4.69, 9.17) is 4.74 Å². The predicted molar refractivity (Wildman–Crippen MR) is 101 cm³/mol. The van der Waals surface area contributed by atoms with Gasteiger partial charge in [0, 0.05) is 51.0 Å². The highest BCUT2D eigenvalue weighted by Gasteiger charge is 2.41. The molecule has 1 spiro atoms. The molecule has 1 amide bonds. The number of rotatable bonds is 5. The van der Waals surface area contributed by atoms with Crippen LogP contribution in [0.15, 0.2) is 24.4 Å². The van der Waals surface area contributed by atoms with Gasteiger partial charge in [-0.2, -0.15) is 0 Å². The maximum absolute atomic E-state index is 12.4. The minimum atomic E-state index is 0.271. The van der Waals surface area contributed by atoms with Gasteiger partial charge in [0.25, 0.3) is 0 Å². The van der Waals surface area contributed by atoms with Gasteiger partial charge in [0.15, 0.2) is 0 Å². The normalized spacial score (nSPS) is 26.5. The molecule has 0 aliphatic carbocycles. The van der Waals surface area contributed by atoms with Gasteiger partial charge in [0.2, 0.25) is 5.91 Å². The van der Waals surface area contributed by atoms with Gasteiger partial charge in [-0.05, 0) is 62.7 Å². The van der Waals surface area contributed by atoms with Crippen LogP contribution in [0.4, 0.5) is 0 Å². The number of carbonyl (C=O) groups is 1. The fourth-order valence-corrected chi connectivity index (χ4v) is 4.78. The Morgan fingerprint density at radius 1 is 1.23 bits per heavy atom. The predicted octanol–water partition coefficient (Wildman–Crippen LogP) is 2.51. The van der Waals surface area contributed by atoms with Crippen LogP contribution in [0.1, 0.15) is 44.2 Å². The van der Waals surface area contributed by atoms with Crippen LogP contribution in [0.2, 0.25) is 0 Å². The van der Waals surface area contributed by atoms with Gasteiger partial charge in [-0.1, -0.05) is 6.07 Å². The van der Waals surface area contributed by atoms with E-state index in [1.54, 1.807) is 0 Å². The Kier molecular flexibility index (Phi) is 5.55. The first-order chi connectivity index (χ1) is 12.7. The summed E-state index contributed by atoms with van der Waals surface area (Å²) < 4.78 is 5.76. The van der Waals surface area contributed by atoms with Crippen molar-refractivity contribution >= 4 is 5.91 Å². The lowest BCUT2D eigenvalue weighted by atomic mass is 9.72. The highest BCUT2D eigenvalue weighted by atomic mass is 16.5. The van der Waals surface area contributed by atoms with E-state index >= 15 is 0 Å². The van der Waals surface area contributed by atoms with Gasteiger partial charge in [-0.25, -0.2) is 0 Å². The Bertz CT molecular complexity index is 593. The fourth-order valence-electron chi connectivity index (χ4n) is 4.78. The Morgan fingerprint density at radius 2 is 2.12 bits per heavy atom. The Balaban J connectivity index is 1.27. The van der Waals surface area contributed by atoms with Gasteiger partial charge in [0.1, 0.15) is 0 Å². The number of aromatic nitrogens is 1.